The first-order valence-corrected chi connectivity index (χ1v) is 8.91. The number of anilines is 2. The van der Waals surface area contributed by atoms with E-state index in [4.69, 9.17) is 0 Å². The smallest absolute Gasteiger partial charge is 0.374 e. The van der Waals surface area contributed by atoms with Gasteiger partial charge in [0.05, 0.1) is 6.42 Å². The maximum Gasteiger partial charge on any atom is 0.424 e. The van der Waals surface area contributed by atoms with Gasteiger partial charge >= 0.3 is 6.18 Å². The number of halogens is 3. The van der Waals surface area contributed by atoms with E-state index in [-0.39, 0.29) is 11.6 Å². The van der Waals surface area contributed by atoms with Crippen LogP contribution in [-0.4, -0.2) is 28.1 Å². The fourth-order valence-corrected chi connectivity index (χ4v) is 3.65. The zero-order valence-corrected chi connectivity index (χ0v) is 15.0. The largest absolute Gasteiger partial charge is 0.424 e. The van der Waals surface area contributed by atoms with Gasteiger partial charge in [-0.05, 0) is 37.1 Å². The Morgan fingerprint density at radius 2 is 2.11 bits per heavy atom. The van der Waals surface area contributed by atoms with Gasteiger partial charge in [0, 0.05) is 28.9 Å². The molecular weight excluding hydrogens is 383 g/mol. The van der Waals surface area contributed by atoms with E-state index in [0.717, 1.165) is 5.56 Å². The molecule has 10 heteroatoms. The van der Waals surface area contributed by atoms with Crippen molar-refractivity contribution in [3.8, 4) is 0 Å². The predicted molar refractivity (Wildman–Crippen MR) is 93.4 cm³/mol. The Kier molecular flexibility index (Phi) is 4.96. The van der Waals surface area contributed by atoms with Gasteiger partial charge in [0.15, 0.2) is 0 Å². The van der Waals surface area contributed by atoms with Crippen LogP contribution in [0.5, 0.6) is 0 Å². The summed E-state index contributed by atoms with van der Waals surface area (Å²) >= 11 is 0.649. The van der Waals surface area contributed by atoms with Gasteiger partial charge in [0.2, 0.25) is 17.4 Å². The molecule has 0 radical (unpaired) electrons. The number of carbonyl (C=O) groups excluding carboxylic acids is 2. The molecule has 0 unspecified atom stereocenters. The van der Waals surface area contributed by atoms with Crippen LogP contribution in [0.1, 0.15) is 29.1 Å². The number of aryl methyl sites for hydroxylation is 2. The number of aromatic nitrogens is 1. The summed E-state index contributed by atoms with van der Waals surface area (Å²) in [6.45, 7) is 1.50. The second-order valence-corrected chi connectivity index (χ2v) is 7.16. The lowest BCUT2D eigenvalue weighted by molar-refractivity contribution is -0.266. The van der Waals surface area contributed by atoms with Crippen LogP contribution in [-0.2, 0) is 21.6 Å². The summed E-state index contributed by atoms with van der Waals surface area (Å²) in [5, 5.41) is 16.1. The van der Waals surface area contributed by atoms with E-state index in [9.17, 15) is 27.9 Å². The molecule has 0 spiro atoms. The van der Waals surface area contributed by atoms with Gasteiger partial charge in [0.1, 0.15) is 5.01 Å². The zero-order chi connectivity index (χ0) is 19.8. The molecule has 1 aliphatic heterocycles. The van der Waals surface area contributed by atoms with E-state index in [1.807, 2.05) is 0 Å². The molecule has 3 rings (SSSR count). The average molecular weight is 399 g/mol. The topological polar surface area (TPSA) is 91.3 Å². The Balaban J connectivity index is 1.78. The molecule has 2 aromatic rings. The van der Waals surface area contributed by atoms with Crippen molar-refractivity contribution in [2.75, 3.05) is 10.6 Å². The van der Waals surface area contributed by atoms with Crippen LogP contribution in [0.15, 0.2) is 23.6 Å². The molecule has 1 aromatic heterocycles. The number of carbonyl (C=O) groups is 2. The van der Waals surface area contributed by atoms with Crippen molar-refractivity contribution in [3.05, 3.63) is 39.8 Å². The van der Waals surface area contributed by atoms with Gasteiger partial charge in [-0.15, -0.1) is 11.3 Å². The third-order valence-electron chi connectivity index (χ3n) is 4.14. The number of hydrogen-bond donors (Lipinski definition) is 3. The molecule has 2 heterocycles. The maximum absolute atomic E-state index is 13.5. The minimum atomic E-state index is -5.06. The van der Waals surface area contributed by atoms with Crippen molar-refractivity contribution >= 4 is 34.5 Å². The molecule has 1 atom stereocenters. The number of alkyl halides is 3. The minimum absolute atomic E-state index is 0.117. The van der Waals surface area contributed by atoms with E-state index >= 15 is 0 Å². The van der Waals surface area contributed by atoms with Gasteiger partial charge in [0.25, 0.3) is 0 Å². The Hall–Kier alpha value is -2.46. The molecule has 1 aliphatic rings. The van der Waals surface area contributed by atoms with Crippen molar-refractivity contribution < 1.29 is 27.9 Å². The highest BCUT2D eigenvalue weighted by atomic mass is 32.1. The molecule has 144 valence electrons. The Bertz CT molecular complexity index is 897. The fourth-order valence-electron chi connectivity index (χ4n) is 2.74. The third kappa shape index (κ3) is 3.96. The van der Waals surface area contributed by atoms with Crippen LogP contribution in [0.25, 0.3) is 0 Å². The predicted octanol–water partition coefficient (Wildman–Crippen LogP) is 3.11. The van der Waals surface area contributed by atoms with Gasteiger partial charge in [-0.1, -0.05) is 0 Å². The first-order valence-electron chi connectivity index (χ1n) is 8.03. The van der Waals surface area contributed by atoms with Gasteiger partial charge in [-0.25, -0.2) is 4.98 Å². The molecule has 1 aromatic carbocycles. The normalized spacial score (nSPS) is 16.3. The van der Waals surface area contributed by atoms with Crippen LogP contribution in [0.4, 0.5) is 24.5 Å². The molecule has 0 aliphatic carbocycles. The van der Waals surface area contributed by atoms with Crippen molar-refractivity contribution in [1.82, 2.24) is 4.98 Å². The second kappa shape index (κ2) is 6.93. The zero-order valence-electron chi connectivity index (χ0n) is 14.2. The second-order valence-electron chi connectivity index (χ2n) is 6.30. The van der Waals surface area contributed by atoms with E-state index < -0.39 is 29.1 Å². The summed E-state index contributed by atoms with van der Waals surface area (Å²) in [5.41, 5.74) is -1.37. The standard InChI is InChI=1S/C17H16F3N3O3S/c1-9-8-27-15(21-9)16(26,17(18,19)20)7-14(25)22-11-3-4-12-10(6-11)2-5-13(24)23-12/h3-4,6,8,26H,2,5,7H2,1H3,(H,22,25)(H,23,24)/t16-/m1/s1. The number of nitrogens with one attached hydrogen (secondary N) is 2. The third-order valence-corrected chi connectivity index (χ3v) is 5.25. The summed E-state index contributed by atoms with van der Waals surface area (Å²) in [4.78, 5) is 27.3. The van der Waals surface area contributed by atoms with Crippen molar-refractivity contribution in [2.24, 2.45) is 0 Å². The van der Waals surface area contributed by atoms with Gasteiger partial charge in [-0.2, -0.15) is 13.2 Å². The van der Waals surface area contributed by atoms with Crippen LogP contribution >= 0.6 is 11.3 Å². The first-order chi connectivity index (χ1) is 12.6. The van der Waals surface area contributed by atoms with E-state index in [1.54, 1.807) is 12.1 Å². The number of hydrogen-bond acceptors (Lipinski definition) is 5. The van der Waals surface area contributed by atoms with Crippen molar-refractivity contribution in [3.63, 3.8) is 0 Å². The number of thiazole rings is 1. The SMILES string of the molecule is Cc1csc([C@](O)(CC(=O)Nc2ccc3c(c2)CCC(=O)N3)C(F)(F)F)n1. The molecule has 2 amide bonds. The molecule has 0 bridgehead atoms. The maximum atomic E-state index is 13.5. The van der Waals surface area contributed by atoms with Crippen LogP contribution in [0.2, 0.25) is 0 Å². The molecule has 0 saturated carbocycles. The lowest BCUT2D eigenvalue weighted by Crippen LogP contribution is -2.45. The van der Waals surface area contributed by atoms with Gasteiger partial charge in [-0.3, -0.25) is 9.59 Å². The Labute approximate surface area is 156 Å². The molecule has 3 N–H and O–H groups in total. The quantitative estimate of drug-likeness (QED) is 0.737. The summed E-state index contributed by atoms with van der Waals surface area (Å²) in [6.07, 6.45) is -5.51. The molecule has 6 nitrogen and oxygen atoms in total. The summed E-state index contributed by atoms with van der Waals surface area (Å²) in [7, 11) is 0. The Morgan fingerprint density at radius 1 is 1.37 bits per heavy atom. The first kappa shape index (κ1) is 19.3. The monoisotopic (exact) mass is 399 g/mol. The number of rotatable bonds is 4. The van der Waals surface area contributed by atoms with Crippen molar-refractivity contribution in [2.45, 2.75) is 38.0 Å². The number of aliphatic hydroxyl groups is 1. The highest BCUT2D eigenvalue weighted by Crippen LogP contribution is 2.43. The van der Waals surface area contributed by atoms with Crippen LogP contribution < -0.4 is 10.6 Å². The number of nitrogens with zero attached hydrogens (tertiary/aromatic N) is 1. The molecular formula is C17H16F3N3O3S. The number of benzene rings is 1. The van der Waals surface area contributed by atoms with E-state index in [1.165, 1.54) is 18.4 Å². The fraction of sp³-hybridized carbons (Fsp3) is 0.353. The number of amides is 2. The van der Waals surface area contributed by atoms with E-state index in [0.29, 0.717) is 35.6 Å². The van der Waals surface area contributed by atoms with Crippen molar-refractivity contribution in [1.29, 1.82) is 0 Å². The van der Waals surface area contributed by atoms with Crippen LogP contribution in [0.3, 0.4) is 0 Å². The lowest BCUT2D eigenvalue weighted by atomic mass is 9.98. The highest BCUT2D eigenvalue weighted by molar-refractivity contribution is 7.09. The highest BCUT2D eigenvalue weighted by Gasteiger charge is 2.58. The number of fused-ring (bicyclic) bond motifs is 1. The summed E-state index contributed by atoms with van der Waals surface area (Å²) < 4.78 is 40.4. The summed E-state index contributed by atoms with van der Waals surface area (Å²) in [6, 6.07) is 4.64. The van der Waals surface area contributed by atoms with Crippen LogP contribution in [0, 0.1) is 6.92 Å². The Morgan fingerprint density at radius 3 is 2.74 bits per heavy atom. The molecule has 27 heavy (non-hydrogen) atoms. The van der Waals surface area contributed by atoms with E-state index in [2.05, 4.69) is 15.6 Å². The molecule has 0 fully saturated rings. The minimum Gasteiger partial charge on any atom is -0.374 e. The average Bonchev–Trinajstić information content (AvgIpc) is 3.01. The van der Waals surface area contributed by atoms with Gasteiger partial charge < -0.3 is 15.7 Å². The summed E-state index contributed by atoms with van der Waals surface area (Å²) in [5.74, 6) is -1.12. The molecule has 0 saturated heterocycles. The lowest BCUT2D eigenvalue weighted by Gasteiger charge is -2.28.